The Morgan fingerprint density at radius 2 is 1.58 bits per heavy atom. The third kappa shape index (κ3) is 5.81. The number of nitrogens with one attached hydrogen (secondary N) is 2. The van der Waals surface area contributed by atoms with E-state index in [1.54, 1.807) is 46.2 Å². The largest absolute Gasteiger partial charge is 0.337 e. The van der Waals surface area contributed by atoms with Gasteiger partial charge in [0.1, 0.15) is 5.82 Å². The third-order valence-corrected chi connectivity index (χ3v) is 4.96. The SMILES string of the molecule is CC(C)NC(=O)Nc1cccc(C(=O)N2CCCN(C(=O)c3ccccc3F)CC2)c1. The topological polar surface area (TPSA) is 81.8 Å². The van der Waals surface area contributed by atoms with Gasteiger partial charge in [-0.15, -0.1) is 0 Å². The van der Waals surface area contributed by atoms with Crippen molar-refractivity contribution in [2.45, 2.75) is 26.3 Å². The van der Waals surface area contributed by atoms with E-state index in [-0.39, 0.29) is 29.5 Å². The summed E-state index contributed by atoms with van der Waals surface area (Å²) in [5.41, 5.74) is 1.02. The highest BCUT2D eigenvalue weighted by Gasteiger charge is 2.25. The summed E-state index contributed by atoms with van der Waals surface area (Å²) in [6.45, 7) is 5.34. The smallest absolute Gasteiger partial charge is 0.319 e. The van der Waals surface area contributed by atoms with E-state index in [0.717, 1.165) is 0 Å². The molecule has 0 bridgehead atoms. The lowest BCUT2D eigenvalue weighted by molar-refractivity contribution is 0.0716. The van der Waals surface area contributed by atoms with E-state index in [2.05, 4.69) is 10.6 Å². The molecule has 0 radical (unpaired) electrons. The Hall–Kier alpha value is -3.42. The van der Waals surface area contributed by atoms with Crippen molar-refractivity contribution in [2.75, 3.05) is 31.5 Å². The van der Waals surface area contributed by atoms with Gasteiger partial charge in [0, 0.05) is 43.5 Å². The zero-order chi connectivity index (χ0) is 22.4. The van der Waals surface area contributed by atoms with Gasteiger partial charge in [-0.3, -0.25) is 9.59 Å². The van der Waals surface area contributed by atoms with Gasteiger partial charge >= 0.3 is 6.03 Å². The van der Waals surface area contributed by atoms with Crippen LogP contribution < -0.4 is 10.6 Å². The number of benzene rings is 2. The first-order valence-electron chi connectivity index (χ1n) is 10.4. The average Bonchev–Trinajstić information content (AvgIpc) is 2.99. The Kier molecular flexibility index (Phi) is 7.23. The van der Waals surface area contributed by atoms with E-state index in [0.29, 0.717) is 43.9 Å². The van der Waals surface area contributed by atoms with Crippen LogP contribution in [-0.2, 0) is 0 Å². The van der Waals surface area contributed by atoms with E-state index in [4.69, 9.17) is 0 Å². The molecule has 7 nitrogen and oxygen atoms in total. The first-order chi connectivity index (χ1) is 14.8. The average molecular weight is 426 g/mol. The summed E-state index contributed by atoms with van der Waals surface area (Å²) in [4.78, 5) is 40.9. The summed E-state index contributed by atoms with van der Waals surface area (Å²) in [5.74, 6) is -1.08. The van der Waals surface area contributed by atoms with Crippen LogP contribution in [0.2, 0.25) is 0 Å². The van der Waals surface area contributed by atoms with Crippen LogP contribution in [0, 0.1) is 5.82 Å². The molecule has 164 valence electrons. The van der Waals surface area contributed by atoms with Crippen molar-refractivity contribution in [1.29, 1.82) is 0 Å². The van der Waals surface area contributed by atoms with Gasteiger partial charge < -0.3 is 20.4 Å². The predicted molar refractivity (Wildman–Crippen MR) is 117 cm³/mol. The number of halogens is 1. The molecule has 3 rings (SSSR count). The number of hydrogen-bond donors (Lipinski definition) is 2. The number of carbonyl (C=O) groups is 3. The fraction of sp³-hybridized carbons (Fsp3) is 0.348. The minimum atomic E-state index is -0.546. The first-order valence-corrected chi connectivity index (χ1v) is 10.4. The number of anilines is 1. The normalized spacial score (nSPS) is 14.2. The van der Waals surface area contributed by atoms with E-state index in [9.17, 15) is 18.8 Å². The second kappa shape index (κ2) is 10.1. The Bertz CT molecular complexity index is 963. The lowest BCUT2D eigenvalue weighted by Crippen LogP contribution is -2.37. The second-order valence-corrected chi connectivity index (χ2v) is 7.75. The highest BCUT2D eigenvalue weighted by atomic mass is 19.1. The lowest BCUT2D eigenvalue weighted by atomic mass is 10.1. The molecule has 1 aliphatic rings. The number of hydrogen-bond acceptors (Lipinski definition) is 3. The highest BCUT2D eigenvalue weighted by molar-refractivity contribution is 5.97. The molecule has 0 aromatic heterocycles. The van der Waals surface area contributed by atoms with Crippen LogP contribution in [0.1, 0.15) is 41.0 Å². The molecule has 0 saturated carbocycles. The standard InChI is InChI=1S/C23H27FN4O3/c1-16(2)25-23(31)26-18-8-5-7-17(15-18)21(29)27-11-6-12-28(14-13-27)22(30)19-9-3-4-10-20(19)24/h3-5,7-10,15-16H,6,11-14H2,1-2H3,(H2,25,26,31). The van der Waals surface area contributed by atoms with Gasteiger partial charge in [0.15, 0.2) is 0 Å². The van der Waals surface area contributed by atoms with Crippen LogP contribution in [-0.4, -0.2) is 59.9 Å². The van der Waals surface area contributed by atoms with Crippen molar-refractivity contribution in [1.82, 2.24) is 15.1 Å². The lowest BCUT2D eigenvalue weighted by Gasteiger charge is -2.22. The molecular formula is C23H27FN4O3. The van der Waals surface area contributed by atoms with Gasteiger partial charge in [0.05, 0.1) is 5.56 Å². The molecule has 0 unspecified atom stereocenters. The fourth-order valence-corrected chi connectivity index (χ4v) is 3.47. The Labute approximate surface area is 181 Å². The summed E-state index contributed by atoms with van der Waals surface area (Å²) in [7, 11) is 0. The Morgan fingerprint density at radius 3 is 2.26 bits per heavy atom. The van der Waals surface area contributed by atoms with Crippen LogP contribution in [0.4, 0.5) is 14.9 Å². The summed E-state index contributed by atoms with van der Waals surface area (Å²) in [5, 5.41) is 5.45. The minimum Gasteiger partial charge on any atom is -0.337 e. The maximum absolute atomic E-state index is 14.0. The molecule has 1 fully saturated rings. The molecular weight excluding hydrogens is 399 g/mol. The van der Waals surface area contributed by atoms with Gasteiger partial charge in [-0.25, -0.2) is 9.18 Å². The molecule has 2 N–H and O–H groups in total. The summed E-state index contributed by atoms with van der Waals surface area (Å²) in [6, 6.07) is 12.3. The van der Waals surface area contributed by atoms with Crippen molar-refractivity contribution in [3.05, 3.63) is 65.5 Å². The van der Waals surface area contributed by atoms with E-state index >= 15 is 0 Å². The molecule has 31 heavy (non-hydrogen) atoms. The number of rotatable bonds is 4. The minimum absolute atomic E-state index is 0.00284. The fourth-order valence-electron chi connectivity index (χ4n) is 3.47. The van der Waals surface area contributed by atoms with E-state index in [1.807, 2.05) is 13.8 Å². The molecule has 1 saturated heterocycles. The van der Waals surface area contributed by atoms with Crippen LogP contribution in [0.15, 0.2) is 48.5 Å². The van der Waals surface area contributed by atoms with Crippen molar-refractivity contribution < 1.29 is 18.8 Å². The number of urea groups is 1. The number of amides is 4. The first kappa shape index (κ1) is 22.3. The number of carbonyl (C=O) groups excluding carboxylic acids is 3. The van der Waals surface area contributed by atoms with Gasteiger partial charge in [-0.2, -0.15) is 0 Å². The van der Waals surface area contributed by atoms with Gasteiger partial charge in [-0.1, -0.05) is 18.2 Å². The van der Waals surface area contributed by atoms with Crippen LogP contribution in [0.5, 0.6) is 0 Å². The summed E-state index contributed by atoms with van der Waals surface area (Å²) in [6.07, 6.45) is 0.598. The van der Waals surface area contributed by atoms with Crippen molar-refractivity contribution in [3.8, 4) is 0 Å². The molecule has 0 atom stereocenters. The molecule has 4 amide bonds. The van der Waals surface area contributed by atoms with Crippen molar-refractivity contribution in [2.24, 2.45) is 0 Å². The Morgan fingerprint density at radius 1 is 0.903 bits per heavy atom. The highest BCUT2D eigenvalue weighted by Crippen LogP contribution is 2.16. The maximum atomic E-state index is 14.0. The van der Waals surface area contributed by atoms with Gasteiger partial charge in [0.2, 0.25) is 0 Å². The van der Waals surface area contributed by atoms with Crippen LogP contribution in [0.25, 0.3) is 0 Å². The van der Waals surface area contributed by atoms with Crippen molar-refractivity contribution >= 4 is 23.5 Å². The zero-order valence-electron chi connectivity index (χ0n) is 17.7. The Balaban J connectivity index is 1.64. The molecule has 0 spiro atoms. The van der Waals surface area contributed by atoms with Gasteiger partial charge in [0.25, 0.3) is 11.8 Å². The van der Waals surface area contributed by atoms with E-state index < -0.39 is 5.82 Å². The maximum Gasteiger partial charge on any atom is 0.319 e. The van der Waals surface area contributed by atoms with Crippen LogP contribution in [0.3, 0.4) is 0 Å². The third-order valence-electron chi connectivity index (χ3n) is 4.96. The van der Waals surface area contributed by atoms with E-state index in [1.165, 1.54) is 12.1 Å². The summed E-state index contributed by atoms with van der Waals surface area (Å²) < 4.78 is 14.0. The second-order valence-electron chi connectivity index (χ2n) is 7.75. The molecule has 1 aliphatic heterocycles. The zero-order valence-corrected chi connectivity index (χ0v) is 17.7. The molecule has 8 heteroatoms. The monoisotopic (exact) mass is 426 g/mol. The molecule has 2 aromatic carbocycles. The summed E-state index contributed by atoms with van der Waals surface area (Å²) >= 11 is 0. The van der Waals surface area contributed by atoms with Crippen LogP contribution >= 0.6 is 0 Å². The number of nitrogens with zero attached hydrogens (tertiary/aromatic N) is 2. The quantitative estimate of drug-likeness (QED) is 0.787. The molecule has 1 heterocycles. The van der Waals surface area contributed by atoms with Crippen molar-refractivity contribution in [3.63, 3.8) is 0 Å². The molecule has 2 aromatic rings. The predicted octanol–water partition coefficient (Wildman–Crippen LogP) is 3.34. The van der Waals surface area contributed by atoms with Gasteiger partial charge in [-0.05, 0) is 50.6 Å². The molecule has 0 aliphatic carbocycles.